The molecule has 1 aliphatic rings. The molecular formula is C22H20N4O2S. The summed E-state index contributed by atoms with van der Waals surface area (Å²) in [6.07, 6.45) is 6.83. The van der Waals surface area contributed by atoms with Crippen molar-refractivity contribution in [3.8, 4) is 11.4 Å². The number of aryl methyl sites for hydroxylation is 2. The van der Waals surface area contributed by atoms with Crippen LogP contribution in [0.25, 0.3) is 22.4 Å². The lowest BCUT2D eigenvalue weighted by Gasteiger charge is -2.09. The number of thioether (sulfide) groups is 1. The maximum absolute atomic E-state index is 12.1. The zero-order chi connectivity index (χ0) is 19.8. The average Bonchev–Trinajstić information content (AvgIpc) is 3.37. The third-order valence-corrected chi connectivity index (χ3v) is 6.39. The number of hydrogen-bond donors (Lipinski definition) is 0. The number of benzene rings is 1. The van der Waals surface area contributed by atoms with Crippen molar-refractivity contribution < 1.29 is 4.42 Å². The molecule has 0 N–H and O–H groups in total. The van der Waals surface area contributed by atoms with Crippen LogP contribution < -0.4 is 5.63 Å². The Morgan fingerprint density at radius 3 is 2.69 bits per heavy atom. The summed E-state index contributed by atoms with van der Waals surface area (Å²) in [5, 5.41) is 10.6. The lowest BCUT2D eigenvalue weighted by atomic mass is 10.0. The summed E-state index contributed by atoms with van der Waals surface area (Å²) in [5.74, 6) is 1.46. The minimum atomic E-state index is -0.305. The smallest absolute Gasteiger partial charge is 0.336 e. The summed E-state index contributed by atoms with van der Waals surface area (Å²) < 4.78 is 7.57. The van der Waals surface area contributed by atoms with Gasteiger partial charge in [-0.15, -0.1) is 10.2 Å². The number of hydrogen-bond acceptors (Lipinski definition) is 6. The highest BCUT2D eigenvalue weighted by atomic mass is 32.2. The van der Waals surface area contributed by atoms with Crippen LogP contribution in [-0.4, -0.2) is 19.7 Å². The maximum Gasteiger partial charge on any atom is 0.336 e. The molecule has 0 unspecified atom stereocenters. The molecule has 3 aromatic heterocycles. The van der Waals surface area contributed by atoms with Gasteiger partial charge < -0.3 is 8.98 Å². The zero-order valence-corrected chi connectivity index (χ0v) is 16.9. The van der Waals surface area contributed by atoms with Crippen molar-refractivity contribution in [3.05, 3.63) is 69.8 Å². The molecule has 0 saturated heterocycles. The molecule has 0 saturated carbocycles. The average molecular weight is 404 g/mol. The van der Waals surface area contributed by atoms with Crippen LogP contribution >= 0.6 is 11.8 Å². The highest BCUT2D eigenvalue weighted by Crippen LogP contribution is 2.32. The monoisotopic (exact) mass is 404 g/mol. The summed E-state index contributed by atoms with van der Waals surface area (Å²) in [6.45, 7) is 2.84. The van der Waals surface area contributed by atoms with E-state index in [1.165, 1.54) is 11.1 Å². The van der Waals surface area contributed by atoms with Gasteiger partial charge in [-0.05, 0) is 67.1 Å². The first-order valence-corrected chi connectivity index (χ1v) is 10.8. The molecule has 0 bridgehead atoms. The van der Waals surface area contributed by atoms with E-state index in [9.17, 15) is 4.79 Å². The molecule has 1 aromatic carbocycles. The third-order valence-electron chi connectivity index (χ3n) is 5.37. The van der Waals surface area contributed by atoms with Crippen LogP contribution in [-0.2, 0) is 25.1 Å². The van der Waals surface area contributed by atoms with Crippen LogP contribution in [0, 0.1) is 0 Å². The molecule has 1 aliphatic carbocycles. The van der Waals surface area contributed by atoms with Crippen molar-refractivity contribution in [2.75, 3.05) is 0 Å². The Morgan fingerprint density at radius 1 is 1.10 bits per heavy atom. The van der Waals surface area contributed by atoms with Crippen LogP contribution in [0.2, 0.25) is 0 Å². The van der Waals surface area contributed by atoms with E-state index >= 15 is 0 Å². The molecule has 4 aromatic rings. The van der Waals surface area contributed by atoms with Crippen LogP contribution in [0.4, 0.5) is 0 Å². The van der Waals surface area contributed by atoms with Gasteiger partial charge in [0.2, 0.25) is 0 Å². The molecule has 0 spiro atoms. The summed E-state index contributed by atoms with van der Waals surface area (Å²) in [7, 11) is 0. The lowest BCUT2D eigenvalue weighted by Crippen LogP contribution is -2.02. The van der Waals surface area contributed by atoms with Gasteiger partial charge in [-0.25, -0.2) is 4.79 Å². The first-order chi connectivity index (χ1) is 14.2. The minimum Gasteiger partial charge on any atom is -0.423 e. The molecular weight excluding hydrogens is 384 g/mol. The summed E-state index contributed by atoms with van der Waals surface area (Å²) >= 11 is 1.59. The van der Waals surface area contributed by atoms with E-state index in [1.807, 2.05) is 18.2 Å². The predicted molar refractivity (Wildman–Crippen MR) is 113 cm³/mol. The molecule has 0 amide bonds. The zero-order valence-electron chi connectivity index (χ0n) is 16.1. The van der Waals surface area contributed by atoms with Gasteiger partial charge >= 0.3 is 5.63 Å². The fourth-order valence-corrected chi connectivity index (χ4v) is 4.94. The Balaban J connectivity index is 1.48. The van der Waals surface area contributed by atoms with Crippen LogP contribution in [0.1, 0.15) is 30.0 Å². The van der Waals surface area contributed by atoms with Crippen molar-refractivity contribution in [3.63, 3.8) is 0 Å². The van der Waals surface area contributed by atoms with E-state index in [4.69, 9.17) is 4.42 Å². The first-order valence-electron chi connectivity index (χ1n) is 9.78. The molecule has 6 nitrogen and oxygen atoms in total. The fraction of sp³-hybridized carbons (Fsp3) is 0.273. The van der Waals surface area contributed by atoms with Crippen molar-refractivity contribution in [1.82, 2.24) is 19.7 Å². The van der Waals surface area contributed by atoms with Gasteiger partial charge in [-0.1, -0.05) is 11.8 Å². The van der Waals surface area contributed by atoms with Crippen LogP contribution in [0.5, 0.6) is 0 Å². The van der Waals surface area contributed by atoms with E-state index in [1.54, 1.807) is 30.2 Å². The van der Waals surface area contributed by atoms with Crippen molar-refractivity contribution in [1.29, 1.82) is 0 Å². The van der Waals surface area contributed by atoms with E-state index in [-0.39, 0.29) is 5.63 Å². The lowest BCUT2D eigenvalue weighted by molar-refractivity contribution is 0.559. The van der Waals surface area contributed by atoms with E-state index < -0.39 is 0 Å². The van der Waals surface area contributed by atoms with Crippen molar-refractivity contribution in [2.24, 2.45) is 0 Å². The number of aromatic nitrogens is 4. The number of rotatable bonds is 5. The second kappa shape index (κ2) is 7.48. The van der Waals surface area contributed by atoms with Gasteiger partial charge in [-0.2, -0.15) is 0 Å². The number of nitrogens with zero attached hydrogens (tertiary/aromatic N) is 4. The van der Waals surface area contributed by atoms with E-state index in [0.717, 1.165) is 53.3 Å². The Morgan fingerprint density at radius 2 is 1.90 bits per heavy atom. The highest BCUT2D eigenvalue weighted by Gasteiger charge is 2.17. The topological polar surface area (TPSA) is 73.8 Å². The quantitative estimate of drug-likeness (QED) is 0.366. The number of fused-ring (bicyclic) bond motifs is 2. The Hall–Kier alpha value is -2.93. The van der Waals surface area contributed by atoms with Gasteiger partial charge in [0.25, 0.3) is 0 Å². The Bertz CT molecular complexity index is 1250. The standard InChI is InChI=1S/C22H20N4O2S/c1-2-26-21(14-6-8-23-9-7-14)24-25-22(26)29-13-17-12-20(27)28-19-11-16-5-3-4-15(16)10-18(17)19/h6-12H,2-5,13H2,1H3. The van der Waals surface area contributed by atoms with Gasteiger partial charge in [0, 0.05) is 41.7 Å². The highest BCUT2D eigenvalue weighted by molar-refractivity contribution is 7.98. The molecule has 0 radical (unpaired) electrons. The normalized spacial score (nSPS) is 13.1. The molecule has 7 heteroatoms. The van der Waals surface area contributed by atoms with Gasteiger partial charge in [0.15, 0.2) is 11.0 Å². The van der Waals surface area contributed by atoms with Crippen molar-refractivity contribution >= 4 is 22.7 Å². The largest absolute Gasteiger partial charge is 0.423 e. The SMILES string of the molecule is CCn1c(SCc2cc(=O)oc3cc4c(cc23)CCC4)nnc1-c1ccncc1. The minimum absolute atomic E-state index is 0.305. The second-order valence-corrected chi connectivity index (χ2v) is 8.08. The third kappa shape index (κ3) is 3.35. The molecule has 3 heterocycles. The molecule has 146 valence electrons. The van der Waals surface area contributed by atoms with Gasteiger partial charge in [0.1, 0.15) is 5.58 Å². The molecule has 0 atom stereocenters. The molecule has 29 heavy (non-hydrogen) atoms. The fourth-order valence-electron chi connectivity index (χ4n) is 3.95. The first kappa shape index (κ1) is 18.1. The van der Waals surface area contributed by atoms with Crippen LogP contribution in [0.15, 0.2) is 57.1 Å². The summed E-state index contributed by atoms with van der Waals surface area (Å²) in [5.41, 5.74) is 5.02. The van der Waals surface area contributed by atoms with Crippen molar-refractivity contribution in [2.45, 2.75) is 43.6 Å². The van der Waals surface area contributed by atoms with E-state index in [0.29, 0.717) is 11.3 Å². The predicted octanol–water partition coefficient (Wildman–Crippen LogP) is 4.25. The molecule has 5 rings (SSSR count). The van der Waals surface area contributed by atoms with Gasteiger partial charge in [-0.3, -0.25) is 4.98 Å². The Kier molecular flexibility index (Phi) is 4.67. The molecule has 0 fully saturated rings. The number of pyridine rings is 1. The summed E-state index contributed by atoms with van der Waals surface area (Å²) in [4.78, 5) is 16.2. The summed E-state index contributed by atoms with van der Waals surface area (Å²) in [6, 6.07) is 9.71. The Labute approximate surface area is 172 Å². The van der Waals surface area contributed by atoms with Gasteiger partial charge in [0.05, 0.1) is 0 Å². The molecule has 0 aliphatic heterocycles. The maximum atomic E-state index is 12.1. The van der Waals surface area contributed by atoms with E-state index in [2.05, 4.69) is 32.7 Å². The van der Waals surface area contributed by atoms with Crippen LogP contribution in [0.3, 0.4) is 0 Å². The second-order valence-electron chi connectivity index (χ2n) is 7.14.